The van der Waals surface area contributed by atoms with Crippen molar-refractivity contribution in [1.29, 1.82) is 0 Å². The van der Waals surface area contributed by atoms with Crippen molar-refractivity contribution in [3.63, 3.8) is 0 Å². The Morgan fingerprint density at radius 1 is 1.56 bits per heavy atom. The van der Waals surface area contributed by atoms with Gasteiger partial charge in [0.2, 0.25) is 0 Å². The second-order valence-corrected chi connectivity index (χ2v) is 5.05. The van der Waals surface area contributed by atoms with Crippen LogP contribution >= 0.6 is 7.82 Å². The molecule has 0 atom stereocenters. The summed E-state index contributed by atoms with van der Waals surface area (Å²) in [5, 5.41) is 1.42. The van der Waals surface area contributed by atoms with Crippen molar-refractivity contribution >= 4 is 7.82 Å². The van der Waals surface area contributed by atoms with Crippen molar-refractivity contribution in [2.24, 2.45) is 0 Å². The highest BCUT2D eigenvalue weighted by Gasteiger charge is 2.29. The molecule has 0 fully saturated rings. The Hall–Kier alpha value is -0.810. The summed E-state index contributed by atoms with van der Waals surface area (Å²) < 4.78 is 26.2. The van der Waals surface area contributed by atoms with Gasteiger partial charge in [0.1, 0.15) is 6.67 Å². The van der Waals surface area contributed by atoms with E-state index in [9.17, 15) is 4.57 Å². The Bertz CT molecular complexity index is 323. The summed E-state index contributed by atoms with van der Waals surface area (Å²) in [6.07, 6.45) is 4.26. The molecular formula is C9H17N2O4P. The molecule has 7 heteroatoms. The topological polar surface area (TPSA) is 51.2 Å². The summed E-state index contributed by atoms with van der Waals surface area (Å²) in [5.74, 6) is 0. The average Bonchev–Trinajstić information content (AvgIpc) is 2.59. The van der Waals surface area contributed by atoms with E-state index in [1.54, 1.807) is 12.3 Å². The molecule has 0 aromatic carbocycles. The molecule has 0 saturated heterocycles. The van der Waals surface area contributed by atoms with Crippen molar-refractivity contribution in [2.75, 3.05) is 27.9 Å². The fraction of sp³-hybridized carbons (Fsp3) is 0.556. The monoisotopic (exact) mass is 248 g/mol. The Kier molecular flexibility index (Phi) is 4.56. The number of hydroxylamine groups is 2. The maximum atomic E-state index is 11.7. The van der Waals surface area contributed by atoms with Gasteiger partial charge in [0, 0.05) is 39.6 Å². The lowest BCUT2D eigenvalue weighted by Gasteiger charge is -2.21. The molecule has 0 aliphatic carbocycles. The van der Waals surface area contributed by atoms with Gasteiger partial charge in [0.15, 0.2) is 0 Å². The molecule has 1 aliphatic heterocycles. The zero-order chi connectivity index (χ0) is 12.2. The van der Waals surface area contributed by atoms with E-state index in [-0.39, 0.29) is 0 Å². The van der Waals surface area contributed by atoms with Crippen LogP contribution in [0.25, 0.3) is 0 Å². The fourth-order valence-electron chi connectivity index (χ4n) is 1.28. The molecule has 1 aliphatic rings. The quantitative estimate of drug-likeness (QED) is 0.529. The Labute approximate surface area is 95.6 Å². The number of allylic oxidation sites excluding steroid dienone is 1. The first-order chi connectivity index (χ1) is 7.54. The van der Waals surface area contributed by atoms with E-state index < -0.39 is 7.82 Å². The van der Waals surface area contributed by atoms with Gasteiger partial charge in [0.05, 0.1) is 0 Å². The van der Waals surface area contributed by atoms with Gasteiger partial charge >= 0.3 is 7.82 Å². The van der Waals surface area contributed by atoms with Gasteiger partial charge in [-0.2, -0.15) is 4.62 Å². The maximum absolute atomic E-state index is 11.7. The van der Waals surface area contributed by atoms with Crippen LogP contribution in [0.3, 0.4) is 0 Å². The lowest BCUT2D eigenvalue weighted by molar-refractivity contribution is -0.0537. The van der Waals surface area contributed by atoms with E-state index in [0.717, 1.165) is 12.1 Å². The molecular weight excluding hydrogens is 231 g/mol. The molecule has 0 aromatic rings. The summed E-state index contributed by atoms with van der Waals surface area (Å²) >= 11 is 0. The predicted octanol–water partition coefficient (Wildman–Crippen LogP) is 1.94. The van der Waals surface area contributed by atoms with Crippen molar-refractivity contribution in [1.82, 2.24) is 9.96 Å². The van der Waals surface area contributed by atoms with E-state index in [0.29, 0.717) is 6.67 Å². The Morgan fingerprint density at radius 3 is 2.69 bits per heavy atom. The Morgan fingerprint density at radius 2 is 2.19 bits per heavy atom. The number of hydrogen-bond donors (Lipinski definition) is 0. The van der Waals surface area contributed by atoms with Gasteiger partial charge in [-0.25, -0.2) is 9.63 Å². The highest BCUT2D eigenvalue weighted by atomic mass is 31.2. The largest absolute Gasteiger partial charge is 0.495 e. The SMILES string of the molecule is C=CCC1=CN(OP(=O)(OC)OC)CN1C. The smallest absolute Gasteiger partial charge is 0.357 e. The predicted molar refractivity (Wildman–Crippen MR) is 60.1 cm³/mol. The molecule has 0 radical (unpaired) electrons. The van der Waals surface area contributed by atoms with Crippen LogP contribution in [-0.2, 0) is 18.2 Å². The number of rotatable bonds is 6. The minimum atomic E-state index is -3.47. The third kappa shape index (κ3) is 3.09. The molecule has 0 spiro atoms. The highest BCUT2D eigenvalue weighted by molar-refractivity contribution is 7.48. The first-order valence-corrected chi connectivity index (χ1v) is 6.21. The van der Waals surface area contributed by atoms with Crippen LogP contribution in [0.5, 0.6) is 0 Å². The minimum Gasteiger partial charge on any atom is -0.357 e. The number of hydrogen-bond acceptors (Lipinski definition) is 6. The van der Waals surface area contributed by atoms with Crippen LogP contribution < -0.4 is 0 Å². The molecule has 6 nitrogen and oxygen atoms in total. The molecule has 0 aromatic heterocycles. The molecule has 0 saturated carbocycles. The van der Waals surface area contributed by atoms with Crippen molar-refractivity contribution in [3.05, 3.63) is 24.6 Å². The second kappa shape index (κ2) is 5.50. The first-order valence-electron chi connectivity index (χ1n) is 4.75. The molecule has 1 heterocycles. The average molecular weight is 248 g/mol. The molecule has 0 unspecified atom stereocenters. The molecule has 92 valence electrons. The van der Waals surface area contributed by atoms with Gasteiger partial charge in [0.25, 0.3) is 0 Å². The third-order valence-electron chi connectivity index (χ3n) is 2.14. The zero-order valence-electron chi connectivity index (χ0n) is 9.75. The normalized spacial score (nSPS) is 16.6. The van der Waals surface area contributed by atoms with Gasteiger partial charge < -0.3 is 4.90 Å². The van der Waals surface area contributed by atoms with E-state index in [1.807, 2.05) is 11.9 Å². The number of phosphoric acid groups is 1. The van der Waals surface area contributed by atoms with E-state index in [2.05, 4.69) is 15.6 Å². The van der Waals surface area contributed by atoms with Crippen molar-refractivity contribution in [2.45, 2.75) is 6.42 Å². The molecule has 1 rings (SSSR count). The molecule has 0 bridgehead atoms. The van der Waals surface area contributed by atoms with E-state index >= 15 is 0 Å². The van der Waals surface area contributed by atoms with Crippen molar-refractivity contribution in [3.8, 4) is 0 Å². The number of phosphoric ester groups is 1. The van der Waals surface area contributed by atoms with Crippen LogP contribution in [0.15, 0.2) is 24.6 Å². The second-order valence-electron chi connectivity index (χ2n) is 3.26. The molecule has 0 amide bonds. The van der Waals surface area contributed by atoms with Crippen molar-refractivity contribution < 1.29 is 18.2 Å². The van der Waals surface area contributed by atoms with Gasteiger partial charge in [-0.15, -0.1) is 6.58 Å². The summed E-state index contributed by atoms with van der Waals surface area (Å²) in [4.78, 5) is 1.96. The van der Waals surface area contributed by atoms with Gasteiger partial charge in [-0.05, 0) is 0 Å². The summed E-state index contributed by atoms with van der Waals surface area (Å²) in [6.45, 7) is 4.13. The van der Waals surface area contributed by atoms with E-state index in [4.69, 9.17) is 4.62 Å². The maximum Gasteiger partial charge on any atom is 0.495 e. The summed E-state index contributed by atoms with van der Waals surface area (Å²) in [5.41, 5.74) is 1.02. The molecule has 0 N–H and O–H groups in total. The summed E-state index contributed by atoms with van der Waals surface area (Å²) in [6, 6.07) is 0. The third-order valence-corrected chi connectivity index (χ3v) is 3.44. The first kappa shape index (κ1) is 13.3. The van der Waals surface area contributed by atoms with Crippen LogP contribution in [-0.4, -0.2) is 37.9 Å². The fourth-order valence-corrected chi connectivity index (χ4v) is 1.92. The van der Waals surface area contributed by atoms with E-state index in [1.165, 1.54) is 19.3 Å². The van der Waals surface area contributed by atoms with Crippen LogP contribution in [0.2, 0.25) is 0 Å². The highest BCUT2D eigenvalue weighted by Crippen LogP contribution is 2.49. The zero-order valence-corrected chi connectivity index (χ0v) is 10.6. The standard InChI is InChI=1S/C9H17N2O4P/c1-5-6-9-7-11(8-10(9)2)15-16(12,13-3)14-4/h5,7H,1,6,8H2,2-4H3. The van der Waals surface area contributed by atoms with Gasteiger partial charge in [-0.3, -0.25) is 9.05 Å². The number of nitrogens with zero attached hydrogens (tertiary/aromatic N) is 2. The molecule has 16 heavy (non-hydrogen) atoms. The van der Waals surface area contributed by atoms with Crippen LogP contribution in [0, 0.1) is 0 Å². The lowest BCUT2D eigenvalue weighted by atomic mass is 10.3. The van der Waals surface area contributed by atoms with Gasteiger partial charge in [-0.1, -0.05) is 6.08 Å². The summed E-state index contributed by atoms with van der Waals surface area (Å²) in [7, 11) is 0.985. The lowest BCUT2D eigenvalue weighted by Crippen LogP contribution is -2.23. The Balaban J connectivity index is 2.64. The van der Waals surface area contributed by atoms with Crippen LogP contribution in [0.4, 0.5) is 0 Å². The van der Waals surface area contributed by atoms with Crippen LogP contribution in [0.1, 0.15) is 6.42 Å². The minimum absolute atomic E-state index is 0.472.